The monoisotopic (exact) mass is 493 g/mol. The molecule has 35 heavy (non-hydrogen) atoms. The van der Waals surface area contributed by atoms with Gasteiger partial charge in [-0.15, -0.1) is 0 Å². The van der Waals surface area contributed by atoms with E-state index in [1.165, 1.54) is 18.5 Å². The first kappa shape index (κ1) is 24.6. The summed E-state index contributed by atoms with van der Waals surface area (Å²) in [6.45, 7) is 3.73. The standard InChI is InChI=1S/C27H31N3O4S/c1-21(22-10-12-23(13-11-22)29-18-6-7-19-29)28-27(31)20-30(35(2,32)33)24-14-16-26(17-15-24)34-25-8-4-3-5-9-25/h3-5,8-17,21H,6-7,18-20H2,1-2H3,(H,28,31). The van der Waals surface area contributed by atoms with Crippen LogP contribution < -0.4 is 19.3 Å². The maximum atomic E-state index is 12.8. The number of carbonyl (C=O) groups is 1. The van der Waals surface area contributed by atoms with E-state index in [2.05, 4.69) is 22.3 Å². The van der Waals surface area contributed by atoms with E-state index < -0.39 is 10.0 Å². The zero-order chi connectivity index (χ0) is 24.8. The number of nitrogens with zero attached hydrogens (tertiary/aromatic N) is 2. The van der Waals surface area contributed by atoms with Crippen LogP contribution in [0.4, 0.5) is 11.4 Å². The molecule has 8 heteroatoms. The maximum absolute atomic E-state index is 12.8. The summed E-state index contributed by atoms with van der Waals surface area (Å²) in [5.41, 5.74) is 2.55. The average Bonchev–Trinajstić information content (AvgIpc) is 3.38. The van der Waals surface area contributed by atoms with E-state index in [9.17, 15) is 13.2 Å². The Bertz CT molecular complexity index is 1220. The fourth-order valence-electron chi connectivity index (χ4n) is 4.16. The molecule has 1 aliphatic rings. The van der Waals surface area contributed by atoms with Crippen molar-refractivity contribution < 1.29 is 17.9 Å². The summed E-state index contributed by atoms with van der Waals surface area (Å²) in [5, 5.41) is 2.92. The molecule has 1 fully saturated rings. The first-order valence-corrected chi connectivity index (χ1v) is 13.6. The second-order valence-electron chi connectivity index (χ2n) is 8.75. The normalized spacial score (nSPS) is 14.4. The molecule has 1 heterocycles. The number of anilines is 2. The van der Waals surface area contributed by atoms with Gasteiger partial charge in [-0.2, -0.15) is 0 Å². The molecule has 0 saturated carbocycles. The van der Waals surface area contributed by atoms with E-state index >= 15 is 0 Å². The zero-order valence-corrected chi connectivity index (χ0v) is 20.9. The van der Waals surface area contributed by atoms with Crippen molar-refractivity contribution in [3.05, 3.63) is 84.4 Å². The number of nitrogens with one attached hydrogen (secondary N) is 1. The van der Waals surface area contributed by atoms with Crippen LogP contribution in [-0.4, -0.2) is 40.2 Å². The van der Waals surface area contributed by atoms with Crippen LogP contribution in [0.3, 0.4) is 0 Å². The summed E-state index contributed by atoms with van der Waals surface area (Å²) in [6, 6.07) is 23.9. The van der Waals surface area contributed by atoms with Gasteiger partial charge in [0.1, 0.15) is 18.0 Å². The summed E-state index contributed by atoms with van der Waals surface area (Å²) in [4.78, 5) is 15.1. The first-order valence-electron chi connectivity index (χ1n) is 11.7. The summed E-state index contributed by atoms with van der Waals surface area (Å²) < 4.78 is 31.8. The quantitative estimate of drug-likeness (QED) is 0.467. The lowest BCUT2D eigenvalue weighted by molar-refractivity contribution is -0.120. The molecule has 0 aliphatic carbocycles. The largest absolute Gasteiger partial charge is 0.457 e. The van der Waals surface area contributed by atoms with Crippen LogP contribution in [0.1, 0.15) is 31.4 Å². The second-order valence-corrected chi connectivity index (χ2v) is 10.7. The molecule has 0 radical (unpaired) electrons. The van der Waals surface area contributed by atoms with Gasteiger partial charge in [0.15, 0.2) is 0 Å². The lowest BCUT2D eigenvalue weighted by atomic mass is 10.1. The fraction of sp³-hybridized carbons (Fsp3) is 0.296. The molecule has 0 bridgehead atoms. The van der Waals surface area contributed by atoms with Crippen LogP contribution in [0.2, 0.25) is 0 Å². The lowest BCUT2D eigenvalue weighted by Gasteiger charge is -2.24. The molecule has 1 atom stereocenters. The lowest BCUT2D eigenvalue weighted by Crippen LogP contribution is -2.41. The predicted octanol–water partition coefficient (Wildman–Crippen LogP) is 4.72. The summed E-state index contributed by atoms with van der Waals surface area (Å²) >= 11 is 0. The molecule has 7 nitrogen and oxygen atoms in total. The van der Waals surface area contributed by atoms with Gasteiger partial charge in [-0.05, 0) is 73.9 Å². The summed E-state index contributed by atoms with van der Waals surface area (Å²) in [6.07, 6.45) is 3.52. The minimum absolute atomic E-state index is 0.252. The van der Waals surface area contributed by atoms with Gasteiger partial charge in [0.25, 0.3) is 0 Å². The first-order chi connectivity index (χ1) is 16.8. The Hall–Kier alpha value is -3.52. The number of sulfonamides is 1. The second kappa shape index (κ2) is 10.8. The summed E-state index contributed by atoms with van der Waals surface area (Å²) in [5.74, 6) is 0.877. The van der Waals surface area contributed by atoms with Crippen molar-refractivity contribution >= 4 is 27.3 Å². The van der Waals surface area contributed by atoms with Crippen LogP contribution in [-0.2, 0) is 14.8 Å². The fourth-order valence-corrected chi connectivity index (χ4v) is 5.01. The Morgan fingerprint density at radius 1 is 0.943 bits per heavy atom. The Labute approximate surface area is 207 Å². The zero-order valence-electron chi connectivity index (χ0n) is 20.1. The molecule has 3 aromatic carbocycles. The number of amides is 1. The third-order valence-electron chi connectivity index (χ3n) is 6.03. The van der Waals surface area contributed by atoms with Gasteiger partial charge in [-0.25, -0.2) is 8.42 Å². The van der Waals surface area contributed by atoms with Crippen LogP contribution in [0.25, 0.3) is 0 Å². The maximum Gasteiger partial charge on any atom is 0.241 e. The number of benzene rings is 3. The van der Waals surface area contributed by atoms with Crippen molar-refractivity contribution in [2.75, 3.05) is 35.1 Å². The highest BCUT2D eigenvalue weighted by atomic mass is 32.2. The Morgan fingerprint density at radius 2 is 1.54 bits per heavy atom. The molecule has 1 N–H and O–H groups in total. The minimum atomic E-state index is -3.67. The number of carbonyl (C=O) groups excluding carboxylic acids is 1. The van der Waals surface area contributed by atoms with Gasteiger partial charge in [-0.1, -0.05) is 30.3 Å². The van der Waals surface area contributed by atoms with Gasteiger partial charge >= 0.3 is 0 Å². The Morgan fingerprint density at radius 3 is 2.14 bits per heavy atom. The molecule has 1 unspecified atom stereocenters. The molecule has 184 valence electrons. The van der Waals surface area contributed by atoms with Gasteiger partial charge in [-0.3, -0.25) is 9.10 Å². The molecule has 0 spiro atoms. The molecule has 0 aromatic heterocycles. The highest BCUT2D eigenvalue weighted by molar-refractivity contribution is 7.92. The molecule has 3 aromatic rings. The SMILES string of the molecule is CC(NC(=O)CN(c1ccc(Oc2ccccc2)cc1)S(C)(=O)=O)c1ccc(N2CCCC2)cc1. The van der Waals surface area contributed by atoms with Crippen LogP contribution in [0.5, 0.6) is 11.5 Å². The number of ether oxygens (including phenoxy) is 1. The van der Waals surface area contributed by atoms with Crippen LogP contribution >= 0.6 is 0 Å². The van der Waals surface area contributed by atoms with Crippen molar-refractivity contribution in [3.63, 3.8) is 0 Å². The number of hydrogen-bond acceptors (Lipinski definition) is 5. The topological polar surface area (TPSA) is 79.0 Å². The van der Waals surface area contributed by atoms with Crippen molar-refractivity contribution in [2.45, 2.75) is 25.8 Å². The van der Waals surface area contributed by atoms with Crippen molar-refractivity contribution in [1.29, 1.82) is 0 Å². The van der Waals surface area contributed by atoms with E-state index in [0.717, 1.165) is 29.2 Å². The van der Waals surface area contributed by atoms with Gasteiger partial charge in [0, 0.05) is 18.8 Å². The molecule has 1 amide bonds. The Kier molecular flexibility index (Phi) is 7.60. The van der Waals surface area contributed by atoms with Gasteiger partial charge in [0.05, 0.1) is 18.0 Å². The van der Waals surface area contributed by atoms with Crippen molar-refractivity contribution in [1.82, 2.24) is 5.32 Å². The smallest absolute Gasteiger partial charge is 0.241 e. The van der Waals surface area contributed by atoms with E-state index in [4.69, 9.17) is 4.74 Å². The van der Waals surface area contributed by atoms with E-state index in [0.29, 0.717) is 17.2 Å². The van der Waals surface area contributed by atoms with Crippen LogP contribution in [0.15, 0.2) is 78.9 Å². The number of rotatable bonds is 9. The van der Waals surface area contributed by atoms with Gasteiger partial charge in [0.2, 0.25) is 15.9 Å². The number of hydrogen-bond donors (Lipinski definition) is 1. The highest BCUT2D eigenvalue weighted by Gasteiger charge is 2.22. The Balaban J connectivity index is 1.39. The molecular formula is C27H31N3O4S. The molecule has 1 saturated heterocycles. The van der Waals surface area contributed by atoms with Crippen molar-refractivity contribution in [2.24, 2.45) is 0 Å². The third kappa shape index (κ3) is 6.54. The summed E-state index contributed by atoms with van der Waals surface area (Å²) in [7, 11) is -3.67. The van der Waals surface area contributed by atoms with Crippen LogP contribution in [0, 0.1) is 0 Å². The van der Waals surface area contributed by atoms with Crippen molar-refractivity contribution in [3.8, 4) is 11.5 Å². The van der Waals surface area contributed by atoms with Gasteiger partial charge < -0.3 is 15.0 Å². The highest BCUT2D eigenvalue weighted by Crippen LogP contribution is 2.26. The number of para-hydroxylation sites is 1. The molecule has 1 aliphatic heterocycles. The molecule has 4 rings (SSSR count). The van der Waals surface area contributed by atoms with E-state index in [1.54, 1.807) is 24.3 Å². The minimum Gasteiger partial charge on any atom is -0.457 e. The van der Waals surface area contributed by atoms with E-state index in [-0.39, 0.29) is 18.5 Å². The predicted molar refractivity (Wildman–Crippen MR) is 140 cm³/mol. The van der Waals surface area contributed by atoms with E-state index in [1.807, 2.05) is 49.4 Å². The molecular weight excluding hydrogens is 462 g/mol. The average molecular weight is 494 g/mol. The third-order valence-corrected chi connectivity index (χ3v) is 7.17.